The predicted molar refractivity (Wildman–Crippen MR) is 277 cm³/mol. The Bertz CT molecular complexity index is 4180. The van der Waals surface area contributed by atoms with Gasteiger partial charge in [0.15, 0.2) is 0 Å². The summed E-state index contributed by atoms with van der Waals surface area (Å²) in [5, 5.41) is 12.8. The summed E-state index contributed by atoms with van der Waals surface area (Å²) in [7, 11) is 0. The molecule has 65 heavy (non-hydrogen) atoms. The first-order valence-electron chi connectivity index (χ1n) is 22.3. The summed E-state index contributed by atoms with van der Waals surface area (Å²) in [6.07, 6.45) is 0. The average molecular weight is 845 g/mol. The van der Waals surface area contributed by atoms with Gasteiger partial charge in [-0.15, -0.1) is 11.3 Å². The van der Waals surface area contributed by atoms with Gasteiger partial charge in [-0.1, -0.05) is 133 Å². The van der Waals surface area contributed by atoms with Gasteiger partial charge in [-0.05, 0) is 84.9 Å². The smallest absolute Gasteiger partial charge is 0.0561 e. The maximum Gasteiger partial charge on any atom is 0.0561 e. The van der Waals surface area contributed by atoms with Crippen LogP contribution in [0.15, 0.2) is 218 Å². The van der Waals surface area contributed by atoms with Crippen LogP contribution in [0.2, 0.25) is 0 Å². The molecule has 0 fully saturated rings. The first kappa shape index (κ1) is 35.1. The number of nitrogens with zero attached hydrogens (tertiary/aromatic N) is 4. The highest BCUT2D eigenvalue weighted by Gasteiger charge is 2.23. The molecule has 15 aromatic rings. The Morgan fingerprint density at radius 1 is 0.215 bits per heavy atom. The third-order valence-corrected chi connectivity index (χ3v) is 15.2. The molecule has 0 aliphatic rings. The number of rotatable bonds is 4. The van der Waals surface area contributed by atoms with Gasteiger partial charge >= 0.3 is 0 Å². The van der Waals surface area contributed by atoms with Gasteiger partial charge in [0.05, 0.1) is 44.1 Å². The summed E-state index contributed by atoms with van der Waals surface area (Å²) < 4.78 is 12.4. The molecule has 0 saturated heterocycles. The molecule has 4 nitrogen and oxygen atoms in total. The van der Waals surface area contributed by atoms with Gasteiger partial charge in [0, 0.05) is 86.0 Å². The van der Waals surface area contributed by atoms with E-state index >= 15 is 0 Å². The van der Waals surface area contributed by atoms with Crippen LogP contribution in [0.1, 0.15) is 0 Å². The van der Waals surface area contributed by atoms with Gasteiger partial charge in [-0.2, -0.15) is 0 Å². The van der Waals surface area contributed by atoms with Crippen LogP contribution in [0.3, 0.4) is 0 Å². The summed E-state index contributed by atoms with van der Waals surface area (Å²) in [4.78, 5) is 0. The van der Waals surface area contributed by atoms with E-state index < -0.39 is 0 Å². The quantitative estimate of drug-likeness (QED) is 0.168. The maximum absolute atomic E-state index is 2.48. The van der Waals surface area contributed by atoms with Gasteiger partial charge in [0.2, 0.25) is 0 Å². The van der Waals surface area contributed by atoms with Crippen LogP contribution in [0.25, 0.3) is 130 Å². The molecule has 302 valence electrons. The summed E-state index contributed by atoms with van der Waals surface area (Å²) in [6.45, 7) is 0. The predicted octanol–water partition coefficient (Wildman–Crippen LogP) is 16.4. The van der Waals surface area contributed by atoms with Crippen molar-refractivity contribution in [3.05, 3.63) is 218 Å². The molecule has 0 saturated carbocycles. The molecule has 0 aliphatic heterocycles. The molecule has 0 atom stereocenters. The molecule has 0 N–H and O–H groups in total. The molecule has 0 bridgehead atoms. The van der Waals surface area contributed by atoms with E-state index in [-0.39, 0.29) is 0 Å². The highest BCUT2D eigenvalue weighted by molar-refractivity contribution is 7.27. The minimum atomic E-state index is 1.15. The summed E-state index contributed by atoms with van der Waals surface area (Å²) in [5.74, 6) is 0. The first-order valence-corrected chi connectivity index (χ1v) is 23.1. The molecule has 5 heteroatoms. The number of hydrogen-bond donors (Lipinski definition) is 0. The van der Waals surface area contributed by atoms with Crippen LogP contribution in [0.4, 0.5) is 0 Å². The standard InChI is InChI=1S/C60H36N4S/c1-3-15-37(16-4-1)61-49-23-11-7-19-41(49)43-29-27-39(35-55(43)61)63-51-25-13-9-21-47(51)57-53(63)33-31-45-46-32-34-54-58(60(46)65-59(45)57)48-22-10-14-26-52(48)64(54)40-28-30-44-42-20-8-12-24-50(42)62(56(44)36-40)38-17-5-2-6-18-38/h1-36H. The van der Waals surface area contributed by atoms with Crippen molar-refractivity contribution in [2.24, 2.45) is 0 Å². The number of benzene rings is 10. The van der Waals surface area contributed by atoms with Crippen molar-refractivity contribution in [3.8, 4) is 22.7 Å². The monoisotopic (exact) mass is 844 g/mol. The molecule has 0 aliphatic carbocycles. The van der Waals surface area contributed by atoms with E-state index in [1.165, 1.54) is 107 Å². The lowest BCUT2D eigenvalue weighted by atomic mass is 10.1. The van der Waals surface area contributed by atoms with E-state index in [9.17, 15) is 0 Å². The molecule has 0 amide bonds. The lowest BCUT2D eigenvalue weighted by Crippen LogP contribution is -1.96. The molecule has 15 rings (SSSR count). The SMILES string of the molecule is c1ccc(-n2c3ccccc3c3ccc(-n4c5ccccc5c5c6sc7c(ccc8c7c7ccccc7n8-c7ccc8c9ccccc9n(-c9ccccc9)c8c7)c6ccc54)cc32)cc1. The molecule has 5 aromatic heterocycles. The van der Waals surface area contributed by atoms with Crippen molar-refractivity contribution < 1.29 is 0 Å². The third-order valence-electron chi connectivity index (χ3n) is 13.9. The van der Waals surface area contributed by atoms with Crippen molar-refractivity contribution in [1.29, 1.82) is 0 Å². The molecule has 10 aromatic carbocycles. The highest BCUT2D eigenvalue weighted by Crippen LogP contribution is 2.48. The fourth-order valence-corrected chi connectivity index (χ4v) is 12.7. The normalized spacial score (nSPS) is 12.3. The zero-order valence-corrected chi connectivity index (χ0v) is 35.8. The number of para-hydroxylation sites is 6. The lowest BCUT2D eigenvalue weighted by Gasteiger charge is -2.11. The van der Waals surface area contributed by atoms with Crippen molar-refractivity contribution in [1.82, 2.24) is 18.3 Å². The number of aromatic nitrogens is 4. The Balaban J connectivity index is 0.982. The van der Waals surface area contributed by atoms with Crippen molar-refractivity contribution in [2.75, 3.05) is 0 Å². The molecule has 0 unspecified atom stereocenters. The third kappa shape index (κ3) is 4.74. The van der Waals surface area contributed by atoms with E-state index in [1.807, 2.05) is 11.3 Å². The Morgan fingerprint density at radius 2 is 0.538 bits per heavy atom. The average Bonchev–Trinajstić information content (AvgIpc) is 4.16. The van der Waals surface area contributed by atoms with E-state index in [2.05, 4.69) is 237 Å². The van der Waals surface area contributed by atoms with Crippen LogP contribution >= 0.6 is 11.3 Å². The van der Waals surface area contributed by atoms with Crippen molar-refractivity contribution in [3.63, 3.8) is 0 Å². The van der Waals surface area contributed by atoms with Crippen molar-refractivity contribution >= 4 is 119 Å². The van der Waals surface area contributed by atoms with E-state index in [4.69, 9.17) is 0 Å². The van der Waals surface area contributed by atoms with E-state index in [0.29, 0.717) is 0 Å². The second-order valence-electron chi connectivity index (χ2n) is 17.3. The van der Waals surface area contributed by atoms with Gasteiger partial charge in [0.25, 0.3) is 0 Å². The zero-order chi connectivity index (χ0) is 42.3. The van der Waals surface area contributed by atoms with Crippen LogP contribution in [0.5, 0.6) is 0 Å². The molecular formula is C60H36N4S. The molecule has 5 heterocycles. The summed E-state index contributed by atoms with van der Waals surface area (Å²) in [6, 6.07) is 80.4. The summed E-state index contributed by atoms with van der Waals surface area (Å²) in [5.41, 5.74) is 14.3. The lowest BCUT2D eigenvalue weighted by molar-refractivity contribution is 1.15. The molecule has 0 spiro atoms. The minimum absolute atomic E-state index is 1.15. The molecular weight excluding hydrogens is 809 g/mol. The minimum Gasteiger partial charge on any atom is -0.309 e. The number of thiophene rings is 1. The largest absolute Gasteiger partial charge is 0.309 e. The topological polar surface area (TPSA) is 19.7 Å². The van der Waals surface area contributed by atoms with Gasteiger partial charge in [0.1, 0.15) is 0 Å². The Morgan fingerprint density at radius 3 is 0.969 bits per heavy atom. The maximum atomic E-state index is 2.48. The number of fused-ring (bicyclic) bond motifs is 17. The Hall–Kier alpha value is -8.38. The second-order valence-corrected chi connectivity index (χ2v) is 18.3. The van der Waals surface area contributed by atoms with Crippen LogP contribution < -0.4 is 0 Å². The van der Waals surface area contributed by atoms with Crippen LogP contribution in [-0.4, -0.2) is 18.3 Å². The fraction of sp³-hybridized carbons (Fsp3) is 0. The first-order chi connectivity index (χ1) is 32.3. The van der Waals surface area contributed by atoms with E-state index in [1.54, 1.807) is 0 Å². The van der Waals surface area contributed by atoms with Crippen LogP contribution in [0, 0.1) is 0 Å². The summed E-state index contributed by atoms with van der Waals surface area (Å²) >= 11 is 1.94. The van der Waals surface area contributed by atoms with Crippen molar-refractivity contribution in [2.45, 2.75) is 0 Å². The highest BCUT2D eigenvalue weighted by atomic mass is 32.1. The Labute approximate surface area is 376 Å². The van der Waals surface area contributed by atoms with Gasteiger partial charge in [-0.25, -0.2) is 0 Å². The Kier molecular flexibility index (Phi) is 7.07. The van der Waals surface area contributed by atoms with Gasteiger partial charge < -0.3 is 18.3 Å². The molecule has 0 radical (unpaired) electrons. The fourth-order valence-electron chi connectivity index (χ4n) is 11.3. The van der Waals surface area contributed by atoms with Crippen LogP contribution in [-0.2, 0) is 0 Å². The number of hydrogen-bond acceptors (Lipinski definition) is 1. The van der Waals surface area contributed by atoms with E-state index in [0.717, 1.165) is 22.7 Å². The van der Waals surface area contributed by atoms with Gasteiger partial charge in [-0.3, -0.25) is 0 Å². The zero-order valence-electron chi connectivity index (χ0n) is 35.0. The second kappa shape index (κ2) is 13.1.